The molecule has 0 bridgehead atoms. The molecule has 6 nitrogen and oxygen atoms in total. The molecule has 1 amide bonds. The van der Waals surface area contributed by atoms with Gasteiger partial charge in [0.25, 0.3) is 0 Å². The minimum absolute atomic E-state index is 0.000676. The highest BCUT2D eigenvalue weighted by molar-refractivity contribution is 6.56. The molecule has 1 saturated heterocycles. The van der Waals surface area contributed by atoms with Crippen LogP contribution in [0.25, 0.3) is 17.2 Å². The summed E-state index contributed by atoms with van der Waals surface area (Å²) in [4.78, 5) is 13.0. The summed E-state index contributed by atoms with van der Waals surface area (Å²) in [6, 6.07) is 34.8. The number of ether oxygens (including phenoxy) is 1. The lowest BCUT2D eigenvalue weighted by molar-refractivity contribution is 0.00578. The van der Waals surface area contributed by atoms with Crippen molar-refractivity contribution in [1.29, 1.82) is 0 Å². The smallest absolute Gasteiger partial charge is 0.449 e. The average Bonchev–Trinajstić information content (AvgIpc) is 3.44. The fourth-order valence-electron chi connectivity index (χ4n) is 5.59. The van der Waals surface area contributed by atoms with E-state index in [0.29, 0.717) is 0 Å². The minimum Gasteiger partial charge on any atom is -0.449 e. The molecule has 2 aliphatic rings. The lowest BCUT2D eigenvalue weighted by atomic mass is 9.77. The Morgan fingerprint density at radius 1 is 0.767 bits per heavy atom. The lowest BCUT2D eigenvalue weighted by Crippen LogP contribution is -2.41. The van der Waals surface area contributed by atoms with E-state index in [0.717, 1.165) is 22.4 Å². The zero-order valence-electron chi connectivity index (χ0n) is 25.1. The number of alkyl carbamates (subject to hydrolysis) is 1. The quantitative estimate of drug-likeness (QED) is 0.210. The van der Waals surface area contributed by atoms with Gasteiger partial charge in [-0.2, -0.15) is 0 Å². The molecule has 0 spiro atoms. The van der Waals surface area contributed by atoms with Crippen molar-refractivity contribution in [2.45, 2.75) is 44.8 Å². The van der Waals surface area contributed by atoms with Crippen molar-refractivity contribution in [2.75, 3.05) is 18.5 Å². The van der Waals surface area contributed by atoms with Crippen LogP contribution in [0.3, 0.4) is 0 Å². The number of anilines is 2. The Bertz CT molecular complexity index is 1570. The molecular formula is C36H37BN2O4. The number of nitrogens with one attached hydrogen (secondary N) is 2. The second-order valence-electron chi connectivity index (χ2n) is 12.1. The second kappa shape index (κ2) is 11.7. The Labute approximate surface area is 254 Å². The highest BCUT2D eigenvalue weighted by Crippen LogP contribution is 2.44. The molecule has 0 aromatic heterocycles. The van der Waals surface area contributed by atoms with Gasteiger partial charge in [0.2, 0.25) is 0 Å². The third-order valence-corrected chi connectivity index (χ3v) is 8.66. The number of benzene rings is 4. The van der Waals surface area contributed by atoms with Crippen molar-refractivity contribution in [1.82, 2.24) is 5.32 Å². The predicted octanol–water partition coefficient (Wildman–Crippen LogP) is 7.98. The Kier molecular flexibility index (Phi) is 7.86. The van der Waals surface area contributed by atoms with Gasteiger partial charge in [0, 0.05) is 23.8 Å². The van der Waals surface area contributed by atoms with Crippen molar-refractivity contribution in [3.8, 4) is 11.1 Å². The molecule has 1 aliphatic heterocycles. The van der Waals surface area contributed by atoms with Crippen LogP contribution in [0.5, 0.6) is 0 Å². The van der Waals surface area contributed by atoms with Gasteiger partial charge in [0.05, 0.1) is 11.2 Å². The number of carbonyl (C=O) groups is 1. The SMILES string of the molecule is CC1(C)OB(C(=Cc2ccc(Nc3ccccc3)cc2)CNC(=O)OCC2c3ccccc3-c3ccccc32)OC1(C)C. The molecule has 218 valence electrons. The molecule has 0 unspecified atom stereocenters. The molecule has 0 saturated carbocycles. The Balaban J connectivity index is 1.15. The van der Waals surface area contributed by atoms with E-state index in [1.54, 1.807) is 0 Å². The molecule has 7 heteroatoms. The third kappa shape index (κ3) is 6.10. The van der Waals surface area contributed by atoms with Gasteiger partial charge in [-0.15, -0.1) is 0 Å². The predicted molar refractivity (Wildman–Crippen MR) is 173 cm³/mol. The summed E-state index contributed by atoms with van der Waals surface area (Å²) in [5.74, 6) is -0.000676. The van der Waals surface area contributed by atoms with Crippen LogP contribution in [-0.4, -0.2) is 37.6 Å². The molecule has 0 radical (unpaired) electrons. The summed E-state index contributed by atoms with van der Waals surface area (Å²) in [7, 11) is -0.610. The van der Waals surface area contributed by atoms with E-state index in [4.69, 9.17) is 14.0 Å². The van der Waals surface area contributed by atoms with E-state index in [2.05, 4.69) is 34.9 Å². The fraction of sp³-hybridized carbons (Fsp3) is 0.250. The molecule has 43 heavy (non-hydrogen) atoms. The van der Waals surface area contributed by atoms with Crippen molar-refractivity contribution < 1.29 is 18.8 Å². The van der Waals surface area contributed by atoms with Gasteiger partial charge < -0.3 is 24.7 Å². The maximum absolute atomic E-state index is 13.0. The van der Waals surface area contributed by atoms with Gasteiger partial charge in [-0.05, 0) is 85.3 Å². The zero-order chi connectivity index (χ0) is 30.0. The number of fused-ring (bicyclic) bond motifs is 3. The Morgan fingerprint density at radius 2 is 1.30 bits per heavy atom. The summed E-state index contributed by atoms with van der Waals surface area (Å²) in [6.07, 6.45) is 1.53. The first-order chi connectivity index (χ1) is 20.7. The number of rotatable bonds is 8. The normalized spacial score (nSPS) is 16.8. The van der Waals surface area contributed by atoms with Crippen LogP contribution in [0.15, 0.2) is 109 Å². The van der Waals surface area contributed by atoms with E-state index in [1.807, 2.05) is 113 Å². The van der Waals surface area contributed by atoms with E-state index < -0.39 is 24.4 Å². The first-order valence-corrected chi connectivity index (χ1v) is 14.8. The molecule has 1 heterocycles. The van der Waals surface area contributed by atoms with Gasteiger partial charge in [-0.1, -0.05) is 84.9 Å². The van der Waals surface area contributed by atoms with E-state index >= 15 is 0 Å². The van der Waals surface area contributed by atoms with Crippen molar-refractivity contribution >= 4 is 30.7 Å². The van der Waals surface area contributed by atoms with Crippen molar-refractivity contribution in [3.63, 3.8) is 0 Å². The molecule has 1 aliphatic carbocycles. The Hall–Kier alpha value is -4.33. The van der Waals surface area contributed by atoms with Gasteiger partial charge in [0.15, 0.2) is 0 Å². The molecule has 4 aromatic carbocycles. The molecule has 0 atom stereocenters. The van der Waals surface area contributed by atoms with Crippen LogP contribution >= 0.6 is 0 Å². The topological polar surface area (TPSA) is 68.8 Å². The van der Waals surface area contributed by atoms with Crippen molar-refractivity contribution in [2.24, 2.45) is 0 Å². The lowest BCUT2D eigenvalue weighted by Gasteiger charge is -2.32. The van der Waals surface area contributed by atoms with E-state index in [1.165, 1.54) is 22.3 Å². The number of carbonyl (C=O) groups excluding carboxylic acids is 1. The highest BCUT2D eigenvalue weighted by atomic mass is 16.7. The standard InChI is InChI=1S/C36H37BN2O4/c1-35(2)36(3,4)43-37(42-35)26(22-25-18-20-28(21-19-25)39-27-12-6-5-7-13-27)23-38-34(40)41-24-33-31-16-10-8-14-29(31)30-15-9-11-17-32(30)33/h5-22,33,39H,23-24H2,1-4H3,(H,38,40). The second-order valence-corrected chi connectivity index (χ2v) is 12.1. The summed E-state index contributed by atoms with van der Waals surface area (Å²) in [5.41, 5.74) is 7.51. The zero-order valence-corrected chi connectivity index (χ0v) is 25.1. The molecule has 1 fully saturated rings. The fourth-order valence-corrected chi connectivity index (χ4v) is 5.59. The highest BCUT2D eigenvalue weighted by Gasteiger charge is 2.52. The molecule has 2 N–H and O–H groups in total. The van der Waals surface area contributed by atoms with Gasteiger partial charge in [-0.25, -0.2) is 4.79 Å². The third-order valence-electron chi connectivity index (χ3n) is 8.66. The summed E-state index contributed by atoms with van der Waals surface area (Å²) < 4.78 is 18.5. The minimum atomic E-state index is -0.610. The molecular weight excluding hydrogens is 535 g/mol. The largest absolute Gasteiger partial charge is 0.492 e. The maximum Gasteiger partial charge on any atom is 0.492 e. The summed E-state index contributed by atoms with van der Waals surface area (Å²) in [5, 5.41) is 6.36. The molecule has 4 aromatic rings. The molecule has 6 rings (SSSR count). The van der Waals surface area contributed by atoms with Crippen molar-refractivity contribution in [3.05, 3.63) is 125 Å². The van der Waals surface area contributed by atoms with Crippen LogP contribution in [-0.2, 0) is 14.0 Å². The van der Waals surface area contributed by atoms with E-state index in [9.17, 15) is 4.79 Å². The monoisotopic (exact) mass is 572 g/mol. The van der Waals surface area contributed by atoms with Crippen LogP contribution < -0.4 is 10.6 Å². The van der Waals surface area contributed by atoms with Crippen LogP contribution in [0.2, 0.25) is 0 Å². The Morgan fingerprint density at radius 3 is 1.91 bits per heavy atom. The summed E-state index contributed by atoms with van der Waals surface area (Å²) in [6.45, 7) is 8.56. The summed E-state index contributed by atoms with van der Waals surface area (Å²) >= 11 is 0. The first kappa shape index (κ1) is 28.8. The van der Waals surface area contributed by atoms with Gasteiger partial charge in [0.1, 0.15) is 6.61 Å². The maximum atomic E-state index is 13.0. The van der Waals surface area contributed by atoms with Gasteiger partial charge >= 0.3 is 13.2 Å². The average molecular weight is 573 g/mol. The van der Waals surface area contributed by atoms with Crippen LogP contribution in [0.4, 0.5) is 16.2 Å². The number of para-hydroxylation sites is 1. The van der Waals surface area contributed by atoms with Crippen LogP contribution in [0.1, 0.15) is 50.3 Å². The number of hydrogen-bond acceptors (Lipinski definition) is 5. The first-order valence-electron chi connectivity index (χ1n) is 14.8. The van der Waals surface area contributed by atoms with E-state index in [-0.39, 0.29) is 19.1 Å². The van der Waals surface area contributed by atoms with Gasteiger partial charge in [-0.3, -0.25) is 0 Å². The van der Waals surface area contributed by atoms with Crippen LogP contribution in [0, 0.1) is 0 Å². The number of amides is 1. The number of hydrogen-bond donors (Lipinski definition) is 2.